The molecule has 6 rings (SSSR count). The van der Waals surface area contributed by atoms with Crippen molar-refractivity contribution in [2.75, 3.05) is 18.3 Å². The molecular weight excluding hydrogens is 494 g/mol. The van der Waals surface area contributed by atoms with Crippen LogP contribution in [0.4, 0.5) is 0 Å². The highest BCUT2D eigenvalue weighted by molar-refractivity contribution is 5.96. The highest BCUT2D eigenvalue weighted by atomic mass is 16.5. The minimum absolute atomic E-state index is 0.00174. The first kappa shape index (κ1) is 24.4. The molecule has 1 amide bonds. The van der Waals surface area contributed by atoms with Crippen molar-refractivity contribution in [2.45, 2.75) is 19.3 Å². The molecule has 8 nitrogen and oxygen atoms in total. The molecule has 2 aliphatic heterocycles. The zero-order valence-electron chi connectivity index (χ0n) is 21.2. The van der Waals surface area contributed by atoms with Gasteiger partial charge < -0.3 is 19.5 Å². The molecule has 2 aliphatic rings. The Balaban J connectivity index is 1.51. The molecule has 1 aromatic heterocycles. The molecule has 0 bridgehead atoms. The molecule has 8 heteroatoms. The van der Waals surface area contributed by atoms with Gasteiger partial charge in [-0.25, -0.2) is 0 Å². The van der Waals surface area contributed by atoms with Gasteiger partial charge in [0.1, 0.15) is 44.0 Å². The summed E-state index contributed by atoms with van der Waals surface area (Å²) in [5, 5.41) is 4.93. The summed E-state index contributed by atoms with van der Waals surface area (Å²) in [6.45, 7) is 4.82. The molecule has 0 fully saturated rings. The van der Waals surface area contributed by atoms with Crippen LogP contribution in [0.5, 0.6) is 17.2 Å². The van der Waals surface area contributed by atoms with Gasteiger partial charge in [0.2, 0.25) is 5.43 Å². The number of benzene rings is 3. The maximum Gasteiger partial charge on any atom is 0.275 e. The Morgan fingerprint density at radius 1 is 0.974 bits per heavy atom. The lowest BCUT2D eigenvalue weighted by molar-refractivity contribution is 0.0912. The van der Waals surface area contributed by atoms with Gasteiger partial charge in [0.25, 0.3) is 5.91 Å². The maximum absolute atomic E-state index is 13.2. The maximum atomic E-state index is 13.2. The number of hydrogen-bond acceptors (Lipinski definition) is 6. The predicted molar refractivity (Wildman–Crippen MR) is 147 cm³/mol. The highest BCUT2D eigenvalue weighted by Crippen LogP contribution is 2.43. The Morgan fingerprint density at radius 2 is 1.79 bits per heavy atom. The van der Waals surface area contributed by atoms with Crippen LogP contribution in [0, 0.1) is 0 Å². The van der Waals surface area contributed by atoms with Crippen LogP contribution in [0.2, 0.25) is 0 Å². The number of aromatic nitrogens is 1. The van der Waals surface area contributed by atoms with E-state index in [0.29, 0.717) is 19.0 Å². The molecule has 0 spiro atoms. The van der Waals surface area contributed by atoms with Crippen LogP contribution in [0.25, 0.3) is 0 Å². The third-order valence-corrected chi connectivity index (χ3v) is 6.84. The van der Waals surface area contributed by atoms with Gasteiger partial charge in [0.05, 0.1) is 0 Å². The van der Waals surface area contributed by atoms with E-state index in [-0.39, 0.29) is 36.1 Å². The Hall–Kier alpha value is -4.98. The Kier molecular flexibility index (Phi) is 6.50. The predicted octanol–water partition coefficient (Wildman–Crippen LogP) is 4.31. The first-order valence-electron chi connectivity index (χ1n) is 12.7. The second-order valence-electron chi connectivity index (χ2n) is 9.24. The van der Waals surface area contributed by atoms with Crippen molar-refractivity contribution in [1.29, 1.82) is 0 Å². The Morgan fingerprint density at radius 3 is 2.64 bits per heavy atom. The lowest BCUT2D eigenvalue weighted by atomic mass is 9.93. The van der Waals surface area contributed by atoms with Crippen molar-refractivity contribution in [3.8, 4) is 17.2 Å². The molecule has 1 atom stereocenters. The largest absolute Gasteiger partial charge is 0.489 e. The van der Waals surface area contributed by atoms with Gasteiger partial charge in [-0.15, -0.1) is 0 Å². The third kappa shape index (κ3) is 4.50. The smallest absolute Gasteiger partial charge is 0.275 e. The Labute approximate surface area is 225 Å². The standard InChI is InChI=1S/C31H27N3O5/c1-2-17-37-26-14-8-11-22-19-38-25-13-7-6-12-23(25)28(27(22)26)34-20-32-31(36)29-30(24(35)15-16-33(29)34)39-18-21-9-4-3-5-10-21/h2-16,28H,1,17-20H2,(H,32,36). The third-order valence-electron chi connectivity index (χ3n) is 6.84. The first-order chi connectivity index (χ1) is 19.2. The lowest BCUT2D eigenvalue weighted by Crippen LogP contribution is -2.54. The summed E-state index contributed by atoms with van der Waals surface area (Å²) < 4.78 is 20.0. The van der Waals surface area contributed by atoms with E-state index in [4.69, 9.17) is 14.2 Å². The van der Waals surface area contributed by atoms with Gasteiger partial charge in [-0.05, 0) is 23.3 Å². The highest BCUT2D eigenvalue weighted by Gasteiger charge is 2.37. The van der Waals surface area contributed by atoms with Gasteiger partial charge >= 0.3 is 0 Å². The van der Waals surface area contributed by atoms with Crippen molar-refractivity contribution in [3.63, 3.8) is 0 Å². The zero-order chi connectivity index (χ0) is 26.8. The second kappa shape index (κ2) is 10.4. The first-order valence-corrected chi connectivity index (χ1v) is 12.7. The molecule has 3 aromatic carbocycles. The number of carbonyl (C=O) groups is 1. The van der Waals surface area contributed by atoms with Crippen LogP contribution in [-0.2, 0) is 13.2 Å². The molecule has 0 saturated heterocycles. The van der Waals surface area contributed by atoms with Crippen LogP contribution in [0.15, 0.2) is 103 Å². The van der Waals surface area contributed by atoms with E-state index in [0.717, 1.165) is 28.0 Å². The fourth-order valence-electron chi connectivity index (χ4n) is 5.09. The summed E-state index contributed by atoms with van der Waals surface area (Å²) in [6.07, 6.45) is 3.32. The molecular formula is C31H27N3O5. The van der Waals surface area contributed by atoms with Gasteiger partial charge in [0.15, 0.2) is 11.4 Å². The fraction of sp³-hybridized carbons (Fsp3) is 0.161. The number of amides is 1. The van der Waals surface area contributed by atoms with Gasteiger partial charge in [-0.3, -0.25) is 19.3 Å². The number of pyridine rings is 1. The summed E-state index contributed by atoms with van der Waals surface area (Å²) >= 11 is 0. The van der Waals surface area contributed by atoms with E-state index >= 15 is 0 Å². The van der Waals surface area contributed by atoms with E-state index in [1.807, 2.05) is 77.8 Å². The van der Waals surface area contributed by atoms with Crippen LogP contribution in [-0.4, -0.2) is 23.9 Å². The topological polar surface area (TPSA) is 82.0 Å². The molecule has 0 saturated carbocycles. The molecule has 3 heterocycles. The van der Waals surface area contributed by atoms with Crippen LogP contribution >= 0.6 is 0 Å². The minimum atomic E-state index is -0.413. The van der Waals surface area contributed by atoms with Crippen LogP contribution in [0.1, 0.15) is 38.8 Å². The second-order valence-corrected chi connectivity index (χ2v) is 9.24. The van der Waals surface area contributed by atoms with Gasteiger partial charge in [-0.2, -0.15) is 0 Å². The molecule has 196 valence electrons. The number of rotatable bonds is 7. The average molecular weight is 522 g/mol. The molecule has 4 aromatic rings. The van der Waals surface area contributed by atoms with Crippen LogP contribution in [0.3, 0.4) is 0 Å². The summed E-state index contributed by atoms with van der Waals surface area (Å²) in [6, 6.07) is 24.2. The van der Waals surface area contributed by atoms with Crippen molar-refractivity contribution >= 4 is 5.91 Å². The number of carbonyl (C=O) groups excluding carboxylic acids is 1. The van der Waals surface area contributed by atoms with Crippen molar-refractivity contribution in [3.05, 3.63) is 136 Å². The number of para-hydroxylation sites is 1. The Bertz CT molecular complexity index is 1600. The summed E-state index contributed by atoms with van der Waals surface area (Å²) in [4.78, 5) is 26.2. The summed E-state index contributed by atoms with van der Waals surface area (Å²) in [5.74, 6) is 1.03. The monoisotopic (exact) mass is 521 g/mol. The van der Waals surface area contributed by atoms with E-state index in [1.165, 1.54) is 6.07 Å². The lowest BCUT2D eigenvalue weighted by Gasteiger charge is -2.40. The van der Waals surface area contributed by atoms with Crippen LogP contribution < -0.4 is 30.0 Å². The number of hydrogen-bond donors (Lipinski definition) is 1. The number of nitrogens with zero attached hydrogens (tertiary/aromatic N) is 2. The minimum Gasteiger partial charge on any atom is -0.489 e. The van der Waals surface area contributed by atoms with E-state index in [1.54, 1.807) is 16.9 Å². The average Bonchev–Trinajstić information content (AvgIpc) is 3.14. The van der Waals surface area contributed by atoms with Gasteiger partial charge in [-0.1, -0.05) is 73.3 Å². The molecule has 0 aliphatic carbocycles. The summed E-state index contributed by atoms with van der Waals surface area (Å²) in [7, 11) is 0. The van der Waals surface area contributed by atoms with Gasteiger partial charge in [0, 0.05) is 23.4 Å². The fourth-order valence-corrected chi connectivity index (χ4v) is 5.09. The van der Waals surface area contributed by atoms with E-state index in [9.17, 15) is 9.59 Å². The van der Waals surface area contributed by atoms with E-state index < -0.39 is 6.04 Å². The number of nitrogens with one attached hydrogen (secondary N) is 1. The molecule has 1 unspecified atom stereocenters. The molecule has 39 heavy (non-hydrogen) atoms. The number of ether oxygens (including phenoxy) is 3. The number of fused-ring (bicyclic) bond motifs is 3. The molecule has 1 N–H and O–H groups in total. The summed E-state index contributed by atoms with van der Waals surface area (Å²) in [5.41, 5.74) is 3.43. The quantitative estimate of drug-likeness (QED) is 0.365. The zero-order valence-corrected chi connectivity index (χ0v) is 21.2. The van der Waals surface area contributed by atoms with E-state index in [2.05, 4.69) is 11.9 Å². The normalized spacial score (nSPS) is 15.5. The van der Waals surface area contributed by atoms with Crippen molar-refractivity contribution in [2.24, 2.45) is 0 Å². The SMILES string of the molecule is C=CCOc1cccc2c1C(N1CNC(=O)c3c(OCc4ccccc4)c(=O)ccn31)c1ccccc1OC2. The van der Waals surface area contributed by atoms with Crippen molar-refractivity contribution < 1.29 is 19.0 Å². The molecule has 0 radical (unpaired) electrons. The van der Waals surface area contributed by atoms with Crippen molar-refractivity contribution in [1.82, 2.24) is 9.99 Å².